The molecule has 3 aromatic rings. The maximum atomic E-state index is 10.1. The Balaban J connectivity index is 2.07. The first-order chi connectivity index (χ1) is 14.6. The molecule has 1 N–H and O–H groups in total. The molecule has 0 saturated carbocycles. The molecule has 0 unspecified atom stereocenters. The quantitative estimate of drug-likeness (QED) is 0.438. The molecule has 0 atom stereocenters. The second kappa shape index (κ2) is 9.80. The highest BCUT2D eigenvalue weighted by Gasteiger charge is 2.11. The summed E-state index contributed by atoms with van der Waals surface area (Å²) < 4.78 is 17.4. The standard InChI is InChI=1S/C22H23N3O4S/c1-5-10-23-22-25(18(14-30-22)16-6-8-17(27-2)9-7-16)24-13-15-11-19(28-3)21(26)20(12-15)29-4/h5-9,11-14,26H,1,10H2,2-4H3/b23-22?,24-13+. The summed E-state index contributed by atoms with van der Waals surface area (Å²) in [6, 6.07) is 11.1. The lowest BCUT2D eigenvalue weighted by molar-refractivity contribution is 0.340. The van der Waals surface area contributed by atoms with Gasteiger partial charge in [-0.15, -0.1) is 17.9 Å². The van der Waals surface area contributed by atoms with Crippen molar-refractivity contribution in [1.29, 1.82) is 0 Å². The van der Waals surface area contributed by atoms with Gasteiger partial charge in [0.1, 0.15) is 5.75 Å². The van der Waals surface area contributed by atoms with Gasteiger partial charge in [-0.2, -0.15) is 5.10 Å². The fourth-order valence-corrected chi connectivity index (χ4v) is 3.58. The van der Waals surface area contributed by atoms with E-state index in [1.54, 1.807) is 36.2 Å². The van der Waals surface area contributed by atoms with Crippen LogP contribution in [0.15, 0.2) is 64.5 Å². The number of thiazole rings is 1. The zero-order chi connectivity index (χ0) is 21.5. The summed E-state index contributed by atoms with van der Waals surface area (Å²) in [5.41, 5.74) is 2.57. The van der Waals surface area contributed by atoms with E-state index in [0.29, 0.717) is 23.6 Å². The van der Waals surface area contributed by atoms with Crippen LogP contribution in [-0.2, 0) is 0 Å². The van der Waals surface area contributed by atoms with Crippen molar-refractivity contribution in [3.8, 4) is 34.3 Å². The molecule has 0 radical (unpaired) electrons. The summed E-state index contributed by atoms with van der Waals surface area (Å²) in [6.07, 6.45) is 3.40. The summed E-state index contributed by atoms with van der Waals surface area (Å²) in [7, 11) is 4.60. The Labute approximate surface area is 178 Å². The van der Waals surface area contributed by atoms with Crippen molar-refractivity contribution in [2.45, 2.75) is 0 Å². The summed E-state index contributed by atoms with van der Waals surface area (Å²) in [5, 5.41) is 16.7. The summed E-state index contributed by atoms with van der Waals surface area (Å²) in [4.78, 5) is 5.27. The minimum absolute atomic E-state index is 0.0547. The van der Waals surface area contributed by atoms with Crippen molar-refractivity contribution in [2.75, 3.05) is 27.9 Å². The molecule has 8 heteroatoms. The van der Waals surface area contributed by atoms with E-state index in [-0.39, 0.29) is 5.75 Å². The van der Waals surface area contributed by atoms with Gasteiger partial charge in [0.05, 0.1) is 39.8 Å². The number of benzene rings is 2. The molecule has 0 bridgehead atoms. The lowest BCUT2D eigenvalue weighted by Gasteiger charge is -2.09. The second-order valence-electron chi connectivity index (χ2n) is 6.09. The predicted molar refractivity (Wildman–Crippen MR) is 119 cm³/mol. The average molecular weight is 426 g/mol. The second-order valence-corrected chi connectivity index (χ2v) is 6.93. The minimum Gasteiger partial charge on any atom is -0.502 e. The lowest BCUT2D eigenvalue weighted by Crippen LogP contribution is -2.12. The highest BCUT2D eigenvalue weighted by Crippen LogP contribution is 2.36. The fraction of sp³-hybridized carbons (Fsp3) is 0.182. The molecule has 0 aliphatic carbocycles. The van der Waals surface area contributed by atoms with Gasteiger partial charge in [0, 0.05) is 16.5 Å². The van der Waals surface area contributed by atoms with Gasteiger partial charge in [0.15, 0.2) is 11.5 Å². The average Bonchev–Trinajstić information content (AvgIpc) is 3.19. The highest BCUT2D eigenvalue weighted by atomic mass is 32.1. The Kier molecular flexibility index (Phi) is 6.92. The molecule has 0 saturated heterocycles. The Morgan fingerprint density at radius 2 is 1.73 bits per heavy atom. The number of aromatic hydroxyl groups is 1. The summed E-state index contributed by atoms with van der Waals surface area (Å²) in [6.45, 7) is 4.21. The number of phenols is 1. The summed E-state index contributed by atoms with van der Waals surface area (Å²) >= 11 is 1.49. The molecular formula is C22H23N3O4S. The Hall–Kier alpha value is -3.52. The van der Waals surface area contributed by atoms with Gasteiger partial charge >= 0.3 is 0 Å². The van der Waals surface area contributed by atoms with Crippen molar-refractivity contribution < 1.29 is 19.3 Å². The zero-order valence-corrected chi connectivity index (χ0v) is 17.8. The van der Waals surface area contributed by atoms with Crippen LogP contribution >= 0.6 is 11.3 Å². The Bertz CT molecular complexity index is 1090. The zero-order valence-electron chi connectivity index (χ0n) is 17.0. The predicted octanol–water partition coefficient (Wildman–Crippen LogP) is 3.92. The van der Waals surface area contributed by atoms with Crippen LogP contribution in [0.4, 0.5) is 0 Å². The third kappa shape index (κ3) is 4.55. The van der Waals surface area contributed by atoms with Crippen LogP contribution in [0.2, 0.25) is 0 Å². The van der Waals surface area contributed by atoms with Gasteiger partial charge in [0.25, 0.3) is 0 Å². The molecule has 0 spiro atoms. The van der Waals surface area contributed by atoms with E-state index in [9.17, 15) is 5.11 Å². The van der Waals surface area contributed by atoms with Gasteiger partial charge in [-0.1, -0.05) is 6.08 Å². The van der Waals surface area contributed by atoms with Gasteiger partial charge in [0.2, 0.25) is 10.6 Å². The van der Waals surface area contributed by atoms with Crippen LogP contribution < -0.4 is 19.0 Å². The van der Waals surface area contributed by atoms with E-state index in [1.807, 2.05) is 29.6 Å². The van der Waals surface area contributed by atoms with Crippen LogP contribution in [0, 0.1) is 0 Å². The molecular weight excluding hydrogens is 402 g/mol. The molecule has 30 heavy (non-hydrogen) atoms. The first kappa shape index (κ1) is 21.2. The van der Waals surface area contributed by atoms with Crippen molar-refractivity contribution >= 4 is 17.6 Å². The maximum Gasteiger partial charge on any atom is 0.206 e. The van der Waals surface area contributed by atoms with E-state index in [1.165, 1.54) is 25.6 Å². The Morgan fingerprint density at radius 3 is 2.30 bits per heavy atom. The third-order valence-electron chi connectivity index (χ3n) is 4.25. The number of methoxy groups -OCH3 is 3. The van der Waals surface area contributed by atoms with Gasteiger partial charge in [-0.25, -0.2) is 4.68 Å². The first-order valence-electron chi connectivity index (χ1n) is 9.07. The van der Waals surface area contributed by atoms with E-state index in [0.717, 1.165) is 21.8 Å². The third-order valence-corrected chi connectivity index (χ3v) is 5.11. The van der Waals surface area contributed by atoms with Crippen molar-refractivity contribution in [1.82, 2.24) is 4.68 Å². The van der Waals surface area contributed by atoms with E-state index in [2.05, 4.69) is 16.7 Å². The van der Waals surface area contributed by atoms with E-state index in [4.69, 9.17) is 14.2 Å². The largest absolute Gasteiger partial charge is 0.502 e. The molecule has 156 valence electrons. The molecule has 1 heterocycles. The van der Waals surface area contributed by atoms with Gasteiger partial charge in [-0.05, 0) is 36.4 Å². The van der Waals surface area contributed by atoms with Crippen molar-refractivity contribution in [2.24, 2.45) is 10.1 Å². The fourth-order valence-electron chi connectivity index (χ4n) is 2.73. The number of hydrogen-bond donors (Lipinski definition) is 1. The molecule has 0 amide bonds. The van der Waals surface area contributed by atoms with Gasteiger partial charge < -0.3 is 19.3 Å². The monoisotopic (exact) mass is 425 g/mol. The van der Waals surface area contributed by atoms with Crippen LogP contribution in [0.3, 0.4) is 0 Å². The number of phenolic OH excluding ortho intramolecular Hbond substituents is 1. The summed E-state index contributed by atoms with van der Waals surface area (Å²) in [5.74, 6) is 1.33. The molecule has 1 aromatic heterocycles. The Morgan fingerprint density at radius 1 is 1.07 bits per heavy atom. The SMILES string of the molecule is C=CCN=c1scc(-c2ccc(OC)cc2)n1/N=C/c1cc(OC)c(O)c(OC)c1. The minimum atomic E-state index is -0.0547. The van der Waals surface area contributed by atoms with Crippen LogP contribution in [0.25, 0.3) is 11.3 Å². The number of hydrogen-bond acceptors (Lipinski definition) is 7. The lowest BCUT2D eigenvalue weighted by atomic mass is 10.2. The van der Waals surface area contributed by atoms with Crippen molar-refractivity contribution in [3.63, 3.8) is 0 Å². The van der Waals surface area contributed by atoms with E-state index >= 15 is 0 Å². The van der Waals surface area contributed by atoms with Crippen LogP contribution in [-0.4, -0.2) is 43.9 Å². The number of nitrogens with zero attached hydrogens (tertiary/aromatic N) is 3. The topological polar surface area (TPSA) is 77.6 Å². The number of aromatic nitrogens is 1. The highest BCUT2D eigenvalue weighted by molar-refractivity contribution is 7.07. The smallest absolute Gasteiger partial charge is 0.206 e. The maximum absolute atomic E-state index is 10.1. The molecule has 0 aliphatic heterocycles. The molecule has 2 aromatic carbocycles. The van der Waals surface area contributed by atoms with Crippen LogP contribution in [0.1, 0.15) is 5.56 Å². The molecule has 0 fully saturated rings. The van der Waals surface area contributed by atoms with Gasteiger partial charge in [-0.3, -0.25) is 4.99 Å². The number of ether oxygens (including phenoxy) is 3. The first-order valence-corrected chi connectivity index (χ1v) is 9.95. The molecule has 3 rings (SSSR count). The van der Waals surface area contributed by atoms with Crippen molar-refractivity contribution in [3.05, 3.63) is 64.8 Å². The molecule has 0 aliphatic rings. The number of rotatable bonds is 8. The normalized spacial score (nSPS) is 11.6. The van der Waals surface area contributed by atoms with Crippen LogP contribution in [0.5, 0.6) is 23.0 Å². The van der Waals surface area contributed by atoms with E-state index < -0.39 is 0 Å². The molecule has 7 nitrogen and oxygen atoms in total.